The number of hydrogen-bond acceptors (Lipinski definition) is 3. The summed E-state index contributed by atoms with van der Waals surface area (Å²) < 4.78 is 17.5. The van der Waals surface area contributed by atoms with Crippen molar-refractivity contribution in [2.24, 2.45) is 0 Å². The number of ether oxygens (including phenoxy) is 1. The number of ketones is 1. The Hall–Kier alpha value is -1.65. The summed E-state index contributed by atoms with van der Waals surface area (Å²) in [5.41, 5.74) is 1.43. The Morgan fingerprint density at radius 2 is 1.95 bits per heavy atom. The Labute approximate surface area is 131 Å². The van der Waals surface area contributed by atoms with Crippen LogP contribution in [0.4, 0.5) is 0 Å². The number of methoxy groups -OCH3 is 1. The average molecular weight is 323 g/mol. The van der Waals surface area contributed by atoms with Crippen molar-refractivity contribution >= 4 is 28.2 Å². The third kappa shape index (κ3) is 3.71. The standard InChI is InChI=1S/C16H15ClO3S/c1-11-7-8-12(15(9-11)20-2)14(18)10-21(19)16-6-4-3-5-13(16)17/h3-9H,10H2,1-2H3. The summed E-state index contributed by atoms with van der Waals surface area (Å²) in [5.74, 6) is 0.143. The van der Waals surface area contributed by atoms with Gasteiger partial charge < -0.3 is 4.74 Å². The van der Waals surface area contributed by atoms with E-state index >= 15 is 0 Å². The first-order valence-corrected chi connectivity index (χ1v) is 8.03. The van der Waals surface area contributed by atoms with Gasteiger partial charge in [0.15, 0.2) is 5.78 Å². The van der Waals surface area contributed by atoms with Gasteiger partial charge in [-0.3, -0.25) is 9.00 Å². The van der Waals surface area contributed by atoms with Crippen LogP contribution in [0.15, 0.2) is 47.4 Å². The molecule has 110 valence electrons. The van der Waals surface area contributed by atoms with E-state index in [0.717, 1.165) is 5.56 Å². The molecule has 2 aromatic carbocycles. The predicted octanol–water partition coefficient (Wildman–Crippen LogP) is 3.65. The first-order valence-electron chi connectivity index (χ1n) is 6.33. The fraction of sp³-hybridized carbons (Fsp3) is 0.188. The minimum atomic E-state index is -1.48. The highest BCUT2D eigenvalue weighted by Gasteiger charge is 2.17. The Morgan fingerprint density at radius 1 is 1.24 bits per heavy atom. The van der Waals surface area contributed by atoms with Gasteiger partial charge in [0, 0.05) is 0 Å². The van der Waals surface area contributed by atoms with Crippen molar-refractivity contribution in [2.45, 2.75) is 11.8 Å². The van der Waals surface area contributed by atoms with Crippen LogP contribution in [0.5, 0.6) is 5.75 Å². The lowest BCUT2D eigenvalue weighted by Gasteiger charge is -2.09. The molecule has 2 aromatic rings. The molecule has 0 saturated heterocycles. The van der Waals surface area contributed by atoms with Crippen molar-refractivity contribution in [2.75, 3.05) is 12.9 Å². The molecule has 0 fully saturated rings. The summed E-state index contributed by atoms with van der Waals surface area (Å²) in [6.07, 6.45) is 0. The summed E-state index contributed by atoms with van der Waals surface area (Å²) >= 11 is 6.00. The van der Waals surface area contributed by atoms with Crippen molar-refractivity contribution in [3.63, 3.8) is 0 Å². The number of carbonyl (C=O) groups excluding carboxylic acids is 1. The molecule has 0 bridgehead atoms. The molecule has 0 heterocycles. The number of rotatable bonds is 5. The van der Waals surface area contributed by atoms with E-state index in [9.17, 15) is 9.00 Å². The van der Waals surface area contributed by atoms with Gasteiger partial charge in [-0.15, -0.1) is 0 Å². The van der Waals surface area contributed by atoms with Crippen molar-refractivity contribution in [1.82, 2.24) is 0 Å². The molecular formula is C16H15ClO3S. The summed E-state index contributed by atoms with van der Waals surface area (Å²) in [5, 5.41) is 0.402. The Kier molecular flexibility index (Phi) is 5.15. The maximum Gasteiger partial charge on any atom is 0.179 e. The smallest absolute Gasteiger partial charge is 0.179 e. The van der Waals surface area contributed by atoms with Gasteiger partial charge in [0.2, 0.25) is 0 Å². The second kappa shape index (κ2) is 6.87. The highest BCUT2D eigenvalue weighted by molar-refractivity contribution is 7.86. The Bertz CT molecular complexity index is 698. The quantitative estimate of drug-likeness (QED) is 0.789. The number of Topliss-reactive ketones (excluding diaryl/α,β-unsaturated/α-hetero) is 1. The number of halogens is 1. The molecule has 0 aliphatic heterocycles. The molecule has 5 heteroatoms. The Morgan fingerprint density at radius 3 is 2.62 bits per heavy atom. The maximum absolute atomic E-state index is 12.3. The lowest BCUT2D eigenvalue weighted by atomic mass is 10.1. The zero-order valence-electron chi connectivity index (χ0n) is 11.8. The van der Waals surface area contributed by atoms with Crippen molar-refractivity contribution < 1.29 is 13.7 Å². The first kappa shape index (κ1) is 15.7. The summed E-state index contributed by atoms with van der Waals surface area (Å²) in [6, 6.07) is 12.1. The molecule has 0 saturated carbocycles. The highest BCUT2D eigenvalue weighted by Crippen LogP contribution is 2.23. The minimum absolute atomic E-state index is 0.122. The van der Waals surface area contributed by atoms with E-state index in [1.54, 1.807) is 36.4 Å². The van der Waals surface area contributed by atoms with Gasteiger partial charge in [0.05, 0.1) is 39.1 Å². The van der Waals surface area contributed by atoms with Crippen LogP contribution in [-0.2, 0) is 10.8 Å². The summed E-state index contributed by atoms with van der Waals surface area (Å²) in [4.78, 5) is 12.8. The molecular weight excluding hydrogens is 308 g/mol. The van der Waals surface area contributed by atoms with Gasteiger partial charge in [-0.1, -0.05) is 29.8 Å². The second-order valence-corrected chi connectivity index (χ2v) is 6.37. The molecule has 2 rings (SSSR count). The third-order valence-electron chi connectivity index (χ3n) is 3.00. The molecule has 0 N–H and O–H groups in total. The molecule has 0 aliphatic rings. The van der Waals surface area contributed by atoms with Crippen molar-refractivity contribution in [3.05, 3.63) is 58.6 Å². The van der Waals surface area contributed by atoms with Crippen LogP contribution >= 0.6 is 11.6 Å². The maximum atomic E-state index is 12.3. The van der Waals surface area contributed by atoms with E-state index < -0.39 is 10.8 Å². The summed E-state index contributed by atoms with van der Waals surface area (Å²) in [6.45, 7) is 1.92. The van der Waals surface area contributed by atoms with Crippen LogP contribution < -0.4 is 4.74 Å². The van der Waals surface area contributed by atoms with Gasteiger partial charge in [0.1, 0.15) is 5.75 Å². The number of benzene rings is 2. The van der Waals surface area contributed by atoms with Crippen molar-refractivity contribution in [3.8, 4) is 5.75 Å². The first-order chi connectivity index (χ1) is 10.0. The largest absolute Gasteiger partial charge is 0.496 e. The van der Waals surface area contributed by atoms with Crippen LogP contribution in [-0.4, -0.2) is 22.9 Å². The fourth-order valence-electron chi connectivity index (χ4n) is 1.93. The predicted molar refractivity (Wildman–Crippen MR) is 84.8 cm³/mol. The monoisotopic (exact) mass is 322 g/mol. The Balaban J connectivity index is 2.23. The van der Waals surface area contributed by atoms with Crippen molar-refractivity contribution in [1.29, 1.82) is 0 Å². The lowest BCUT2D eigenvalue weighted by Crippen LogP contribution is -2.12. The van der Waals surface area contributed by atoms with E-state index in [-0.39, 0.29) is 11.5 Å². The van der Waals surface area contributed by atoms with Gasteiger partial charge >= 0.3 is 0 Å². The van der Waals surface area contributed by atoms with Crippen LogP contribution in [0.1, 0.15) is 15.9 Å². The summed E-state index contributed by atoms with van der Waals surface area (Å²) in [7, 11) is 0.0323. The molecule has 0 aliphatic carbocycles. The second-order valence-electron chi connectivity index (χ2n) is 4.55. The number of carbonyl (C=O) groups is 1. The van der Waals surface area contributed by atoms with Gasteiger partial charge in [-0.2, -0.15) is 0 Å². The molecule has 0 aromatic heterocycles. The van der Waals surface area contributed by atoms with E-state index in [1.165, 1.54) is 7.11 Å². The number of hydrogen-bond donors (Lipinski definition) is 0. The SMILES string of the molecule is COc1cc(C)ccc1C(=O)CS(=O)c1ccccc1Cl. The lowest BCUT2D eigenvalue weighted by molar-refractivity contribution is 0.101. The van der Waals surface area contributed by atoms with E-state index in [0.29, 0.717) is 21.2 Å². The topological polar surface area (TPSA) is 43.4 Å². The highest BCUT2D eigenvalue weighted by atomic mass is 35.5. The molecule has 0 spiro atoms. The van der Waals surface area contributed by atoms with Gasteiger partial charge in [0.25, 0.3) is 0 Å². The van der Waals surface area contributed by atoms with E-state index in [2.05, 4.69) is 0 Å². The molecule has 0 amide bonds. The van der Waals surface area contributed by atoms with Crippen LogP contribution in [0.3, 0.4) is 0 Å². The normalized spacial score (nSPS) is 12.0. The van der Waals surface area contributed by atoms with Crippen LogP contribution in [0.25, 0.3) is 0 Å². The van der Waals surface area contributed by atoms with E-state index in [4.69, 9.17) is 16.3 Å². The third-order valence-corrected chi connectivity index (χ3v) is 4.81. The zero-order chi connectivity index (χ0) is 15.4. The molecule has 1 unspecified atom stereocenters. The molecule has 21 heavy (non-hydrogen) atoms. The minimum Gasteiger partial charge on any atom is -0.496 e. The van der Waals surface area contributed by atoms with Gasteiger partial charge in [-0.25, -0.2) is 0 Å². The average Bonchev–Trinajstić information content (AvgIpc) is 2.47. The molecule has 0 radical (unpaired) electrons. The number of aryl methyl sites for hydroxylation is 1. The van der Waals surface area contributed by atoms with Gasteiger partial charge in [-0.05, 0) is 36.8 Å². The molecule has 1 atom stereocenters. The molecule has 3 nitrogen and oxygen atoms in total. The van der Waals surface area contributed by atoms with Crippen LogP contribution in [0.2, 0.25) is 5.02 Å². The van der Waals surface area contributed by atoms with E-state index in [1.807, 2.05) is 13.0 Å². The fourth-order valence-corrected chi connectivity index (χ4v) is 3.39. The zero-order valence-corrected chi connectivity index (χ0v) is 13.3. The van der Waals surface area contributed by atoms with Crippen LogP contribution in [0, 0.1) is 6.92 Å².